The second kappa shape index (κ2) is 8.14. The van der Waals surface area contributed by atoms with Crippen LogP contribution in [0.4, 0.5) is 8.78 Å². The van der Waals surface area contributed by atoms with Gasteiger partial charge in [-0.05, 0) is 67.5 Å². The first-order chi connectivity index (χ1) is 14.3. The Hall–Kier alpha value is -2.21. The molecule has 1 aliphatic carbocycles. The summed E-state index contributed by atoms with van der Waals surface area (Å²) in [5.74, 6) is -0.132. The van der Waals surface area contributed by atoms with Crippen molar-refractivity contribution in [2.45, 2.75) is 51.9 Å². The van der Waals surface area contributed by atoms with Gasteiger partial charge in [-0.25, -0.2) is 8.78 Å². The molecule has 4 atom stereocenters. The number of likely N-dealkylation sites (tertiary alicyclic amines) is 2. The topological polar surface area (TPSA) is 43.8 Å². The van der Waals surface area contributed by atoms with Crippen LogP contribution in [0, 0.1) is 24.1 Å². The van der Waals surface area contributed by atoms with E-state index >= 15 is 4.39 Å². The van der Waals surface area contributed by atoms with Crippen LogP contribution in [0.15, 0.2) is 42.2 Å². The first-order valence-electron chi connectivity index (χ1n) is 10.8. The van der Waals surface area contributed by atoms with E-state index in [0.717, 1.165) is 5.56 Å². The van der Waals surface area contributed by atoms with Gasteiger partial charge in [-0.2, -0.15) is 0 Å². The summed E-state index contributed by atoms with van der Waals surface area (Å²) < 4.78 is 29.0. The predicted octanol–water partition coefficient (Wildman–Crippen LogP) is 4.30. The van der Waals surface area contributed by atoms with Crippen molar-refractivity contribution < 1.29 is 18.7 Å². The smallest absolute Gasteiger partial charge is 0.240 e. The number of carbonyl (C=O) groups excluding carboxylic acids is 1. The van der Waals surface area contributed by atoms with Gasteiger partial charge >= 0.3 is 0 Å². The van der Waals surface area contributed by atoms with Gasteiger partial charge in [0.1, 0.15) is 17.7 Å². The number of alkyl halides is 1. The molecule has 1 N–H and O–H groups in total. The number of nitrogens with zero attached hydrogens (tertiary/aromatic N) is 2. The van der Waals surface area contributed by atoms with Crippen LogP contribution in [0.25, 0.3) is 0 Å². The van der Waals surface area contributed by atoms with Gasteiger partial charge in [-0.3, -0.25) is 9.69 Å². The largest absolute Gasteiger partial charge is 0.508 e. The van der Waals surface area contributed by atoms with Crippen LogP contribution >= 0.6 is 0 Å². The van der Waals surface area contributed by atoms with Crippen LogP contribution in [0.2, 0.25) is 0 Å². The van der Waals surface area contributed by atoms with E-state index in [9.17, 15) is 14.3 Å². The summed E-state index contributed by atoms with van der Waals surface area (Å²) in [6.07, 6.45) is 6.32. The van der Waals surface area contributed by atoms with Crippen molar-refractivity contribution in [2.24, 2.45) is 11.3 Å². The highest BCUT2D eigenvalue weighted by Crippen LogP contribution is 2.43. The fraction of sp³-hybridized carbons (Fsp3) is 0.542. The van der Waals surface area contributed by atoms with Crippen molar-refractivity contribution in [1.82, 2.24) is 9.80 Å². The van der Waals surface area contributed by atoms with E-state index in [1.165, 1.54) is 6.07 Å². The number of amides is 1. The summed E-state index contributed by atoms with van der Waals surface area (Å²) in [4.78, 5) is 16.7. The molecule has 2 aliphatic heterocycles. The van der Waals surface area contributed by atoms with Gasteiger partial charge in [-0.15, -0.1) is 0 Å². The second-order valence-electron chi connectivity index (χ2n) is 9.23. The third-order valence-electron chi connectivity index (χ3n) is 7.13. The van der Waals surface area contributed by atoms with Gasteiger partial charge in [0.15, 0.2) is 0 Å². The number of hydrogen-bond donors (Lipinski definition) is 1. The molecule has 3 aliphatic rings. The molecule has 30 heavy (non-hydrogen) atoms. The molecule has 2 fully saturated rings. The molecule has 6 heteroatoms. The van der Waals surface area contributed by atoms with Gasteiger partial charge in [0, 0.05) is 25.6 Å². The van der Waals surface area contributed by atoms with Gasteiger partial charge in [0.25, 0.3) is 0 Å². The number of hydrogen-bond acceptors (Lipinski definition) is 3. The second-order valence-corrected chi connectivity index (χ2v) is 9.23. The van der Waals surface area contributed by atoms with E-state index in [2.05, 4.69) is 0 Å². The Morgan fingerprint density at radius 1 is 1.27 bits per heavy atom. The summed E-state index contributed by atoms with van der Waals surface area (Å²) in [6, 6.07) is 4.78. The standard InChI is InChI=1S/C24H30F2N2O2/c1-16-3-4-17(13-20(16)25)14-28-12-8-22(23(28)30)27-11-7-19(21(26)15-27)24(2)9-5-18(29)6-10-24/h3-6,9,13,19,21-22,29H,7-8,10-12,14-15H2,1-2H3/t19-,21-,22+,24?/m1/s1. The summed E-state index contributed by atoms with van der Waals surface area (Å²) in [5.41, 5.74) is 1.06. The van der Waals surface area contributed by atoms with Crippen LogP contribution < -0.4 is 0 Å². The number of aliphatic hydroxyl groups is 1. The van der Waals surface area contributed by atoms with E-state index < -0.39 is 6.17 Å². The minimum absolute atomic E-state index is 0.0123. The zero-order valence-corrected chi connectivity index (χ0v) is 17.7. The maximum absolute atomic E-state index is 15.2. The molecule has 2 heterocycles. The molecule has 1 aromatic carbocycles. The maximum Gasteiger partial charge on any atom is 0.240 e. The molecule has 1 unspecified atom stereocenters. The number of allylic oxidation sites excluding steroid dienone is 3. The predicted molar refractivity (Wildman–Crippen MR) is 112 cm³/mol. The highest BCUT2D eigenvalue weighted by molar-refractivity contribution is 5.84. The Morgan fingerprint density at radius 3 is 2.73 bits per heavy atom. The molecule has 4 rings (SSSR count). The number of benzene rings is 1. The fourth-order valence-corrected chi connectivity index (χ4v) is 5.14. The Bertz CT molecular complexity index is 884. The fourth-order valence-electron chi connectivity index (χ4n) is 5.14. The SMILES string of the molecule is Cc1ccc(CN2CC[C@H](N3CC[C@@H](C4(C)C=CC(O)=CC4)[C@H](F)C3)C2=O)cc1F. The molecule has 0 bridgehead atoms. The van der Waals surface area contributed by atoms with Crippen molar-refractivity contribution in [3.8, 4) is 0 Å². The third kappa shape index (κ3) is 4.02. The number of rotatable bonds is 4. The van der Waals surface area contributed by atoms with E-state index in [-0.39, 0.29) is 41.4 Å². The van der Waals surface area contributed by atoms with Crippen LogP contribution in [0.1, 0.15) is 37.3 Å². The molecular formula is C24H30F2N2O2. The Balaban J connectivity index is 1.37. The van der Waals surface area contributed by atoms with Crippen LogP contribution in [0.3, 0.4) is 0 Å². The molecular weight excluding hydrogens is 386 g/mol. The summed E-state index contributed by atoms with van der Waals surface area (Å²) in [7, 11) is 0. The van der Waals surface area contributed by atoms with Crippen molar-refractivity contribution in [2.75, 3.05) is 19.6 Å². The highest BCUT2D eigenvalue weighted by atomic mass is 19.1. The molecule has 1 amide bonds. The number of carbonyl (C=O) groups is 1. The average molecular weight is 417 g/mol. The summed E-state index contributed by atoms with van der Waals surface area (Å²) in [6.45, 7) is 5.71. The Morgan fingerprint density at radius 2 is 2.07 bits per heavy atom. The number of aryl methyl sites for hydroxylation is 1. The van der Waals surface area contributed by atoms with Gasteiger partial charge in [0.05, 0.1) is 6.04 Å². The monoisotopic (exact) mass is 416 g/mol. The maximum atomic E-state index is 15.2. The summed E-state index contributed by atoms with van der Waals surface area (Å²) >= 11 is 0. The lowest BCUT2D eigenvalue weighted by atomic mass is 9.68. The van der Waals surface area contributed by atoms with Gasteiger partial charge < -0.3 is 10.0 Å². The Labute approximate surface area is 176 Å². The van der Waals surface area contributed by atoms with Crippen molar-refractivity contribution in [3.05, 3.63) is 59.1 Å². The zero-order chi connectivity index (χ0) is 21.5. The van der Waals surface area contributed by atoms with Crippen molar-refractivity contribution >= 4 is 5.91 Å². The molecule has 0 saturated carbocycles. The molecule has 0 radical (unpaired) electrons. The first kappa shape index (κ1) is 21.0. The summed E-state index contributed by atoms with van der Waals surface area (Å²) in [5, 5.41) is 9.59. The lowest BCUT2D eigenvalue weighted by Gasteiger charge is -2.44. The van der Waals surface area contributed by atoms with Crippen molar-refractivity contribution in [3.63, 3.8) is 0 Å². The lowest BCUT2D eigenvalue weighted by molar-refractivity contribution is -0.134. The number of aliphatic hydroxyl groups excluding tert-OH is 1. The lowest BCUT2D eigenvalue weighted by Crippen LogP contribution is -2.52. The van der Waals surface area contributed by atoms with E-state index in [4.69, 9.17) is 0 Å². The van der Waals surface area contributed by atoms with Crippen LogP contribution in [-0.2, 0) is 11.3 Å². The quantitative estimate of drug-likeness (QED) is 0.796. The minimum Gasteiger partial charge on any atom is -0.508 e. The normalized spacial score (nSPS) is 32.5. The molecule has 0 spiro atoms. The van der Waals surface area contributed by atoms with E-state index in [1.54, 1.807) is 30.0 Å². The highest BCUT2D eigenvalue weighted by Gasteiger charge is 2.45. The van der Waals surface area contributed by atoms with E-state index in [1.807, 2.05) is 24.0 Å². The number of halogens is 2. The molecule has 1 aromatic rings. The Kier molecular flexibility index (Phi) is 5.71. The number of piperidine rings is 1. The molecule has 4 nitrogen and oxygen atoms in total. The molecule has 0 aromatic heterocycles. The van der Waals surface area contributed by atoms with E-state index in [0.29, 0.717) is 44.5 Å². The van der Waals surface area contributed by atoms with Crippen LogP contribution in [0.5, 0.6) is 0 Å². The average Bonchev–Trinajstić information content (AvgIpc) is 3.07. The van der Waals surface area contributed by atoms with Gasteiger partial charge in [0.2, 0.25) is 5.91 Å². The van der Waals surface area contributed by atoms with Gasteiger partial charge in [-0.1, -0.05) is 25.1 Å². The minimum atomic E-state index is -1.02. The van der Waals surface area contributed by atoms with Crippen LogP contribution in [-0.4, -0.2) is 52.7 Å². The molecule has 2 saturated heterocycles. The third-order valence-corrected chi connectivity index (χ3v) is 7.13. The van der Waals surface area contributed by atoms with Crippen molar-refractivity contribution in [1.29, 1.82) is 0 Å². The first-order valence-corrected chi connectivity index (χ1v) is 10.8. The molecule has 162 valence electrons. The zero-order valence-electron chi connectivity index (χ0n) is 17.7.